The number of benzene rings is 1. The second-order valence-electron chi connectivity index (χ2n) is 5.61. The number of carbonyl (C=O) groups excluding carboxylic acids is 2. The van der Waals surface area contributed by atoms with Crippen LogP contribution in [0.2, 0.25) is 5.02 Å². The minimum atomic E-state index is -0.648. The summed E-state index contributed by atoms with van der Waals surface area (Å²) in [5.74, 6) is -1.04. The van der Waals surface area contributed by atoms with Gasteiger partial charge in [0, 0.05) is 19.1 Å². The van der Waals surface area contributed by atoms with Crippen LogP contribution in [0, 0.1) is 5.82 Å². The van der Waals surface area contributed by atoms with Gasteiger partial charge in [-0.05, 0) is 37.1 Å². The van der Waals surface area contributed by atoms with E-state index >= 15 is 0 Å². The quantitative estimate of drug-likeness (QED) is 0.925. The summed E-state index contributed by atoms with van der Waals surface area (Å²) in [5.41, 5.74) is -0.145. The SMILES string of the molecule is O=C(NC1CCN(C(=O)c2ccco2)CC1)c1c(F)cccc1Cl. The van der Waals surface area contributed by atoms with E-state index in [2.05, 4.69) is 5.32 Å². The number of amides is 2. The van der Waals surface area contributed by atoms with Crippen molar-refractivity contribution in [2.45, 2.75) is 18.9 Å². The number of hydrogen-bond acceptors (Lipinski definition) is 3. The van der Waals surface area contributed by atoms with E-state index in [4.69, 9.17) is 16.0 Å². The molecule has 2 amide bonds. The van der Waals surface area contributed by atoms with Crippen LogP contribution in [-0.4, -0.2) is 35.8 Å². The van der Waals surface area contributed by atoms with Crippen molar-refractivity contribution in [3.8, 4) is 0 Å². The van der Waals surface area contributed by atoms with E-state index < -0.39 is 11.7 Å². The molecule has 1 N–H and O–H groups in total. The maximum Gasteiger partial charge on any atom is 0.289 e. The first-order valence-electron chi connectivity index (χ1n) is 7.64. The standard InChI is InChI=1S/C17H16ClFN2O3/c18-12-3-1-4-13(19)15(12)16(22)20-11-6-8-21(9-7-11)17(23)14-5-2-10-24-14/h1-5,10-11H,6-9H2,(H,20,22). The van der Waals surface area contributed by atoms with E-state index in [0.29, 0.717) is 31.7 Å². The molecule has 0 unspecified atom stereocenters. The molecule has 0 aliphatic carbocycles. The lowest BCUT2D eigenvalue weighted by atomic mass is 10.0. The number of nitrogens with zero attached hydrogens (tertiary/aromatic N) is 1. The summed E-state index contributed by atoms with van der Waals surface area (Å²) in [6.45, 7) is 0.991. The molecule has 0 radical (unpaired) electrons. The third kappa shape index (κ3) is 3.43. The summed E-state index contributed by atoms with van der Waals surface area (Å²) in [7, 11) is 0. The molecule has 1 fully saturated rings. The number of rotatable bonds is 3. The Hall–Kier alpha value is -2.34. The van der Waals surface area contributed by atoms with Gasteiger partial charge in [0.1, 0.15) is 5.82 Å². The van der Waals surface area contributed by atoms with Crippen molar-refractivity contribution < 1.29 is 18.4 Å². The zero-order valence-electron chi connectivity index (χ0n) is 12.8. The molecule has 0 atom stereocenters. The molecular formula is C17H16ClFN2O3. The number of carbonyl (C=O) groups is 2. The molecule has 1 saturated heterocycles. The van der Waals surface area contributed by atoms with E-state index in [1.807, 2.05) is 0 Å². The second kappa shape index (κ2) is 7.05. The van der Waals surface area contributed by atoms with Gasteiger partial charge in [-0.2, -0.15) is 0 Å². The Morgan fingerprint density at radius 1 is 1.21 bits per heavy atom. The molecule has 1 aromatic carbocycles. The number of piperidine rings is 1. The van der Waals surface area contributed by atoms with Gasteiger partial charge in [0.2, 0.25) is 0 Å². The van der Waals surface area contributed by atoms with Gasteiger partial charge < -0.3 is 14.6 Å². The zero-order valence-corrected chi connectivity index (χ0v) is 13.6. The molecule has 1 aliphatic heterocycles. The van der Waals surface area contributed by atoms with Gasteiger partial charge in [0.05, 0.1) is 16.8 Å². The molecule has 24 heavy (non-hydrogen) atoms. The van der Waals surface area contributed by atoms with Crippen LogP contribution in [0.4, 0.5) is 4.39 Å². The van der Waals surface area contributed by atoms with Gasteiger partial charge in [-0.1, -0.05) is 17.7 Å². The van der Waals surface area contributed by atoms with Crippen molar-refractivity contribution in [1.29, 1.82) is 0 Å². The zero-order chi connectivity index (χ0) is 17.1. The second-order valence-corrected chi connectivity index (χ2v) is 6.02. The van der Waals surface area contributed by atoms with Gasteiger partial charge in [-0.25, -0.2) is 4.39 Å². The van der Waals surface area contributed by atoms with Gasteiger partial charge >= 0.3 is 0 Å². The highest BCUT2D eigenvalue weighted by atomic mass is 35.5. The Morgan fingerprint density at radius 3 is 2.58 bits per heavy atom. The molecule has 5 nitrogen and oxygen atoms in total. The predicted octanol–water partition coefficient (Wildman–Crippen LogP) is 3.11. The van der Waals surface area contributed by atoms with Gasteiger partial charge in [0.25, 0.3) is 11.8 Å². The summed E-state index contributed by atoms with van der Waals surface area (Å²) in [6, 6.07) is 7.28. The van der Waals surface area contributed by atoms with E-state index in [9.17, 15) is 14.0 Å². The monoisotopic (exact) mass is 350 g/mol. The Morgan fingerprint density at radius 2 is 1.96 bits per heavy atom. The highest BCUT2D eigenvalue weighted by molar-refractivity contribution is 6.33. The Kier molecular flexibility index (Phi) is 4.85. The maximum absolute atomic E-state index is 13.8. The lowest BCUT2D eigenvalue weighted by molar-refractivity contribution is 0.0667. The molecule has 3 rings (SSSR count). The predicted molar refractivity (Wildman–Crippen MR) is 86.5 cm³/mol. The van der Waals surface area contributed by atoms with Gasteiger partial charge in [-0.3, -0.25) is 9.59 Å². The average molecular weight is 351 g/mol. The Bertz CT molecular complexity index is 720. The largest absolute Gasteiger partial charge is 0.459 e. The molecule has 7 heteroatoms. The van der Waals surface area contributed by atoms with Gasteiger partial charge in [-0.15, -0.1) is 0 Å². The van der Waals surface area contributed by atoms with Crippen molar-refractivity contribution >= 4 is 23.4 Å². The smallest absolute Gasteiger partial charge is 0.289 e. The summed E-state index contributed by atoms with van der Waals surface area (Å²) < 4.78 is 18.9. The molecule has 1 aliphatic rings. The third-order valence-corrected chi connectivity index (χ3v) is 4.35. The molecule has 1 aromatic heterocycles. The minimum absolute atomic E-state index is 0.0814. The topological polar surface area (TPSA) is 62.6 Å². The van der Waals surface area contributed by atoms with Crippen molar-refractivity contribution in [2.24, 2.45) is 0 Å². The normalized spacial score (nSPS) is 15.3. The van der Waals surface area contributed by atoms with E-state index in [0.717, 1.165) is 0 Å². The number of halogens is 2. The highest BCUT2D eigenvalue weighted by Crippen LogP contribution is 2.20. The molecule has 2 aromatic rings. The summed E-state index contributed by atoms with van der Waals surface area (Å²) in [6.07, 6.45) is 2.63. The summed E-state index contributed by atoms with van der Waals surface area (Å²) >= 11 is 5.90. The van der Waals surface area contributed by atoms with Crippen molar-refractivity contribution in [1.82, 2.24) is 10.2 Å². The van der Waals surface area contributed by atoms with Gasteiger partial charge in [0.15, 0.2) is 5.76 Å². The number of furan rings is 1. The van der Waals surface area contributed by atoms with Crippen molar-refractivity contribution in [3.05, 3.63) is 58.8 Å². The fourth-order valence-electron chi connectivity index (χ4n) is 2.76. The first kappa shape index (κ1) is 16.5. The van der Waals surface area contributed by atoms with Crippen LogP contribution in [-0.2, 0) is 0 Å². The van der Waals surface area contributed by atoms with Crippen LogP contribution < -0.4 is 5.32 Å². The van der Waals surface area contributed by atoms with Crippen LogP contribution in [0.1, 0.15) is 33.8 Å². The lowest BCUT2D eigenvalue weighted by Gasteiger charge is -2.32. The van der Waals surface area contributed by atoms with E-state index in [-0.39, 0.29) is 22.5 Å². The highest BCUT2D eigenvalue weighted by Gasteiger charge is 2.27. The minimum Gasteiger partial charge on any atom is -0.459 e. The van der Waals surface area contributed by atoms with Crippen molar-refractivity contribution in [2.75, 3.05) is 13.1 Å². The first-order chi connectivity index (χ1) is 11.6. The number of nitrogens with one attached hydrogen (secondary N) is 1. The Balaban J connectivity index is 1.58. The molecule has 0 spiro atoms. The Labute approximate surface area is 143 Å². The van der Waals surface area contributed by atoms with Crippen molar-refractivity contribution in [3.63, 3.8) is 0 Å². The summed E-state index contributed by atoms with van der Waals surface area (Å²) in [5, 5.41) is 2.87. The lowest BCUT2D eigenvalue weighted by Crippen LogP contribution is -2.46. The van der Waals surface area contributed by atoms with Crippen LogP contribution in [0.3, 0.4) is 0 Å². The molecule has 0 bridgehead atoms. The third-order valence-electron chi connectivity index (χ3n) is 4.04. The number of likely N-dealkylation sites (tertiary alicyclic amines) is 1. The molecule has 2 heterocycles. The fourth-order valence-corrected chi connectivity index (χ4v) is 3.00. The van der Waals surface area contributed by atoms with E-state index in [1.165, 1.54) is 24.5 Å². The fraction of sp³-hybridized carbons (Fsp3) is 0.294. The van der Waals surface area contributed by atoms with Crippen LogP contribution in [0.25, 0.3) is 0 Å². The first-order valence-corrected chi connectivity index (χ1v) is 8.01. The molecular weight excluding hydrogens is 335 g/mol. The van der Waals surface area contributed by atoms with E-state index in [1.54, 1.807) is 17.0 Å². The molecule has 126 valence electrons. The maximum atomic E-state index is 13.8. The molecule has 0 saturated carbocycles. The van der Waals surface area contributed by atoms with Crippen LogP contribution >= 0.6 is 11.6 Å². The van der Waals surface area contributed by atoms with Crippen LogP contribution in [0.15, 0.2) is 41.0 Å². The number of hydrogen-bond donors (Lipinski definition) is 1. The average Bonchev–Trinajstić information content (AvgIpc) is 3.09. The summed E-state index contributed by atoms with van der Waals surface area (Å²) in [4.78, 5) is 26.1. The van der Waals surface area contributed by atoms with Crippen LogP contribution in [0.5, 0.6) is 0 Å².